The van der Waals surface area contributed by atoms with Gasteiger partial charge in [-0.05, 0) is 93.3 Å². The van der Waals surface area contributed by atoms with Crippen LogP contribution in [0.15, 0.2) is 48.8 Å². The molecule has 4 rings (SSSR count). The van der Waals surface area contributed by atoms with E-state index in [2.05, 4.69) is 9.97 Å². The minimum atomic E-state index is -0.967. The van der Waals surface area contributed by atoms with Crippen LogP contribution in [0.1, 0.15) is 58.9 Å². The van der Waals surface area contributed by atoms with Crippen LogP contribution < -0.4 is 17.0 Å². The summed E-state index contributed by atoms with van der Waals surface area (Å²) < 4.78 is 0. The van der Waals surface area contributed by atoms with Gasteiger partial charge < -0.3 is 39.7 Å². The van der Waals surface area contributed by atoms with Crippen LogP contribution >= 0.6 is 0 Å². The van der Waals surface area contributed by atoms with Crippen LogP contribution in [0.3, 0.4) is 0 Å². The van der Waals surface area contributed by atoms with Crippen LogP contribution in [0.4, 0.5) is 0 Å². The Balaban J connectivity index is 0.000000629. The van der Waals surface area contributed by atoms with E-state index in [0.29, 0.717) is 11.1 Å². The molecular weight excluding hydrogens is 533 g/mol. The second-order valence-corrected chi connectivity index (χ2v) is 8.89. The molecule has 0 saturated carbocycles. The third-order valence-corrected chi connectivity index (χ3v) is 5.36. The first-order chi connectivity index (χ1) is 15.5. The topological polar surface area (TPSA) is 104 Å². The van der Waals surface area contributed by atoms with Gasteiger partial charge in [-0.3, -0.25) is 14.8 Å². The molecule has 0 saturated heterocycles. The van der Waals surface area contributed by atoms with Crippen molar-refractivity contribution in [2.45, 2.75) is 53.4 Å². The van der Waals surface area contributed by atoms with Crippen molar-refractivity contribution in [2.75, 3.05) is 0 Å². The molecule has 0 unspecified atom stereocenters. The number of hydrogen-bond donors (Lipinski definition) is 3. The van der Waals surface area contributed by atoms with Crippen LogP contribution in [0.5, 0.6) is 0 Å². The van der Waals surface area contributed by atoms with Crippen molar-refractivity contribution in [3.05, 3.63) is 89.6 Å². The fourth-order valence-electron chi connectivity index (χ4n) is 3.76. The number of fused-ring (bicyclic) bond motifs is 2. The predicted molar refractivity (Wildman–Crippen MR) is 142 cm³/mol. The van der Waals surface area contributed by atoms with Gasteiger partial charge in [0, 0.05) is 34.3 Å². The van der Waals surface area contributed by atoms with E-state index in [1.165, 1.54) is 6.92 Å². The smallest absolute Gasteiger partial charge is 1.00 e. The molecule has 0 bridgehead atoms. The van der Waals surface area contributed by atoms with Gasteiger partial charge in [-0.2, -0.15) is 0 Å². The zero-order chi connectivity index (χ0) is 24.3. The molecule has 0 radical (unpaired) electrons. The molecule has 0 amide bonds. The number of carbonyl (C=O) groups is 1. The van der Waals surface area contributed by atoms with Crippen LogP contribution in [0.2, 0.25) is 0 Å². The molecule has 0 aliphatic heterocycles. The van der Waals surface area contributed by atoms with Crippen LogP contribution in [0.25, 0.3) is 21.8 Å². The van der Waals surface area contributed by atoms with Crippen molar-refractivity contribution in [2.24, 2.45) is 0 Å². The Labute approximate surface area is 239 Å². The Bertz CT molecular complexity index is 1340. The van der Waals surface area contributed by atoms with E-state index in [-0.39, 0.29) is 66.5 Å². The molecule has 0 spiro atoms. The van der Waals surface area contributed by atoms with Gasteiger partial charge in [0.1, 0.15) is 0 Å². The summed E-state index contributed by atoms with van der Waals surface area (Å²) in [6, 6.07) is 11.3. The number of aryl methyl sites for hydroxylation is 2. The summed E-state index contributed by atoms with van der Waals surface area (Å²) in [4.78, 5) is 20.1. The number of halogens is 1. The van der Waals surface area contributed by atoms with Crippen molar-refractivity contribution in [3.8, 4) is 0 Å². The molecular formula is C28H33BrMgN2O4. The molecule has 0 atom stereocenters. The molecule has 2 heterocycles. The van der Waals surface area contributed by atoms with E-state index < -0.39 is 5.60 Å². The predicted octanol–water partition coefficient (Wildman–Crippen LogP) is 1.57. The summed E-state index contributed by atoms with van der Waals surface area (Å²) in [7, 11) is 0. The Morgan fingerprint density at radius 2 is 1.28 bits per heavy atom. The fraction of sp³-hybridized carbons (Fsp3) is 0.286. The van der Waals surface area contributed by atoms with Crippen LogP contribution in [0, 0.1) is 21.3 Å². The monoisotopic (exact) mass is 564 g/mol. The SMILES string of the molecule is CC(=O)c1cc(CO)cc2cc(C)cnc12.Cc1cnc2c(C(C)(C)O)cc(CO)cc2c1.[Br-].[CH3-].[Mg+2]. The van der Waals surface area contributed by atoms with Gasteiger partial charge in [0.05, 0.1) is 29.8 Å². The van der Waals surface area contributed by atoms with Gasteiger partial charge in [0.15, 0.2) is 5.78 Å². The van der Waals surface area contributed by atoms with Gasteiger partial charge in [-0.25, -0.2) is 0 Å². The molecule has 3 N–H and O–H groups in total. The van der Waals surface area contributed by atoms with E-state index >= 15 is 0 Å². The molecule has 188 valence electrons. The zero-order valence-corrected chi connectivity index (χ0v) is 24.8. The maximum atomic E-state index is 11.5. The fourth-order valence-corrected chi connectivity index (χ4v) is 3.76. The molecule has 4 aromatic rings. The second-order valence-electron chi connectivity index (χ2n) is 8.89. The number of benzene rings is 2. The van der Waals surface area contributed by atoms with E-state index in [9.17, 15) is 15.0 Å². The number of hydrogen-bond acceptors (Lipinski definition) is 6. The summed E-state index contributed by atoms with van der Waals surface area (Å²) in [5.41, 5.74) is 5.49. The van der Waals surface area contributed by atoms with E-state index in [1.54, 1.807) is 32.3 Å². The van der Waals surface area contributed by atoms with Gasteiger partial charge in [-0.1, -0.05) is 0 Å². The molecule has 2 aromatic heterocycles. The largest absolute Gasteiger partial charge is 2.00 e. The van der Waals surface area contributed by atoms with Crippen LogP contribution in [-0.4, -0.2) is 54.1 Å². The Morgan fingerprint density at radius 1 is 0.833 bits per heavy atom. The van der Waals surface area contributed by atoms with Gasteiger partial charge >= 0.3 is 23.1 Å². The van der Waals surface area contributed by atoms with E-state index in [4.69, 9.17) is 5.11 Å². The first kappa shape index (κ1) is 34.1. The number of pyridine rings is 2. The number of aromatic nitrogens is 2. The molecule has 36 heavy (non-hydrogen) atoms. The number of aliphatic hydroxyl groups excluding tert-OH is 2. The van der Waals surface area contributed by atoms with Crippen LogP contribution in [-0.2, 0) is 18.8 Å². The van der Waals surface area contributed by atoms with Crippen molar-refractivity contribution in [3.63, 3.8) is 0 Å². The summed E-state index contributed by atoms with van der Waals surface area (Å²) >= 11 is 0. The molecule has 6 nitrogen and oxygen atoms in total. The number of Topliss-reactive ketones (excluding diaryl/α,β-unsaturated/α-hetero) is 1. The van der Waals surface area contributed by atoms with Gasteiger partial charge in [0.25, 0.3) is 0 Å². The normalized spacial score (nSPS) is 10.4. The van der Waals surface area contributed by atoms with E-state index in [1.807, 2.05) is 44.2 Å². The van der Waals surface area contributed by atoms with Crippen molar-refractivity contribution < 1.29 is 37.1 Å². The quantitative estimate of drug-likeness (QED) is 0.197. The summed E-state index contributed by atoms with van der Waals surface area (Å²) in [6.07, 6.45) is 3.53. The van der Waals surface area contributed by atoms with Crippen molar-refractivity contribution in [1.29, 1.82) is 0 Å². The first-order valence-corrected chi connectivity index (χ1v) is 10.8. The third kappa shape index (κ3) is 8.03. The number of ketones is 1. The number of aliphatic hydroxyl groups is 3. The van der Waals surface area contributed by atoms with E-state index in [0.717, 1.165) is 44.1 Å². The molecule has 0 aliphatic carbocycles. The molecule has 2 aromatic carbocycles. The Kier molecular flexibility index (Phi) is 13.4. The van der Waals surface area contributed by atoms with Crippen molar-refractivity contribution in [1.82, 2.24) is 9.97 Å². The average Bonchev–Trinajstić information content (AvgIpc) is 2.76. The number of nitrogens with zero attached hydrogens (tertiary/aromatic N) is 2. The summed E-state index contributed by atoms with van der Waals surface area (Å²) in [5, 5.41) is 30.4. The minimum absolute atomic E-state index is 0. The Hall–Kier alpha value is -1.94. The minimum Gasteiger partial charge on any atom is -1.00 e. The molecule has 8 heteroatoms. The zero-order valence-electron chi connectivity index (χ0n) is 21.8. The standard InChI is InChI=1S/C14H17NO2.C13H13NO2.CH3.BrH.Mg/c1-9-4-11-5-10(8-16)6-12(14(2,3)17)13(11)15-7-9;1-8-3-11-4-10(7-15)5-12(9(2)16)13(11)14-6-8;;;/h4-7,16-17H,8H2,1-3H3;3-6,15H,7H2,1-2H3;1H3;1H;/q;;-1;;+2/p-1. The first-order valence-electron chi connectivity index (χ1n) is 10.8. The molecule has 0 fully saturated rings. The van der Waals surface area contributed by atoms with Crippen molar-refractivity contribution >= 4 is 50.6 Å². The average molecular weight is 566 g/mol. The third-order valence-electron chi connectivity index (χ3n) is 5.36. The van der Waals surface area contributed by atoms with Gasteiger partial charge in [0.2, 0.25) is 0 Å². The number of rotatable bonds is 4. The summed E-state index contributed by atoms with van der Waals surface area (Å²) in [5.74, 6) is -0.0309. The van der Waals surface area contributed by atoms with Gasteiger partial charge in [-0.15, -0.1) is 0 Å². The second kappa shape index (κ2) is 14.1. The molecule has 0 aliphatic rings. The maximum absolute atomic E-state index is 11.5. The maximum Gasteiger partial charge on any atom is 2.00 e. The Morgan fingerprint density at radius 3 is 1.72 bits per heavy atom. The summed E-state index contributed by atoms with van der Waals surface area (Å²) in [6.45, 7) is 8.79. The number of carbonyl (C=O) groups excluding carboxylic acids is 1.